The van der Waals surface area contributed by atoms with Gasteiger partial charge in [0, 0.05) is 57.8 Å². The molecule has 0 unspecified atom stereocenters. The van der Waals surface area contributed by atoms with Gasteiger partial charge in [0.15, 0.2) is 11.6 Å². The van der Waals surface area contributed by atoms with Crippen molar-refractivity contribution in [1.82, 2.24) is 38.6 Å². The maximum absolute atomic E-state index is 4.67. The molecule has 0 atom stereocenters. The standard InChI is InChI=1S/C12H16N2.2C9H9N3.3ClH.Os/c1-2-3-6-9-14-10-13-11-7-4-5-8-12(11)14;2*1-12-7-6-11-9(12)8-4-2-3-5-10-8;;;;/h4-5,7-8,10H,2-3,6,9H2,1H3;2*2-7H,1H3;3*1H;/q;;;;;;+1/p-3. The predicted octanol–water partition coefficient (Wildman–Crippen LogP) is 0.886. The molecular formula is C30H34Cl3N8Os-2. The van der Waals surface area contributed by atoms with E-state index in [1.165, 1.54) is 42.4 Å². The molecule has 0 radical (unpaired) electrons. The molecule has 0 N–H and O–H groups in total. The van der Waals surface area contributed by atoms with Crippen LogP contribution in [-0.2, 0) is 38.2 Å². The zero-order chi connectivity index (χ0) is 28.6. The van der Waals surface area contributed by atoms with Gasteiger partial charge in [-0.3, -0.25) is 9.97 Å². The van der Waals surface area contributed by atoms with Gasteiger partial charge in [-0.1, -0.05) is 44.0 Å². The third kappa shape index (κ3) is 11.0. The first-order valence-electron chi connectivity index (χ1n) is 13.0. The van der Waals surface area contributed by atoms with Gasteiger partial charge in [-0.25, -0.2) is 15.0 Å². The molecule has 5 aromatic heterocycles. The van der Waals surface area contributed by atoms with Crippen molar-refractivity contribution in [3.05, 3.63) is 104 Å². The van der Waals surface area contributed by atoms with E-state index in [9.17, 15) is 0 Å². The molecule has 0 aliphatic carbocycles. The molecular weight excluding hydrogens is 769 g/mol. The average Bonchev–Trinajstić information content (AvgIpc) is 3.76. The van der Waals surface area contributed by atoms with E-state index in [0.717, 1.165) is 35.1 Å². The van der Waals surface area contributed by atoms with Crippen LogP contribution in [0.2, 0.25) is 0 Å². The molecule has 12 heteroatoms. The Labute approximate surface area is 274 Å². The van der Waals surface area contributed by atoms with Gasteiger partial charge in [-0.15, -0.1) is 0 Å². The van der Waals surface area contributed by atoms with Crippen molar-refractivity contribution in [2.45, 2.75) is 32.7 Å². The molecule has 0 spiro atoms. The van der Waals surface area contributed by atoms with E-state index in [4.69, 9.17) is 0 Å². The van der Waals surface area contributed by atoms with Crippen LogP contribution in [-0.4, -0.2) is 38.6 Å². The third-order valence-electron chi connectivity index (χ3n) is 5.96. The van der Waals surface area contributed by atoms with Gasteiger partial charge >= 0.3 is 27.2 Å². The number of aryl methyl sites for hydroxylation is 3. The van der Waals surface area contributed by atoms with Gasteiger partial charge in [-0.2, -0.15) is 0 Å². The van der Waals surface area contributed by atoms with Crippen molar-refractivity contribution >= 4 is 20.7 Å². The second-order valence-corrected chi connectivity index (χ2v) is 8.79. The van der Waals surface area contributed by atoms with Crippen LogP contribution in [0.5, 0.6) is 0 Å². The number of hydrogen-bond acceptors (Lipinski definition) is 5. The van der Waals surface area contributed by atoms with Crippen LogP contribution in [0.1, 0.15) is 26.2 Å². The number of rotatable bonds is 6. The SMILES string of the molecule is CCCCCn1cnc2ccccc21.Cn1ccnc1-c1ccccn1.Cn1ccnc1-c1ccccn1.[Cl-].[Cl-].[Cl][Os]. The van der Waals surface area contributed by atoms with Gasteiger partial charge < -0.3 is 38.5 Å². The number of para-hydroxylation sites is 2. The summed E-state index contributed by atoms with van der Waals surface area (Å²) in [4.78, 5) is 21.1. The molecule has 5 heterocycles. The number of unbranched alkanes of at least 4 members (excludes halogenated alkanes) is 2. The molecule has 0 saturated carbocycles. The van der Waals surface area contributed by atoms with Crippen molar-refractivity contribution in [2.75, 3.05) is 0 Å². The monoisotopic (exact) mass is 803 g/mol. The van der Waals surface area contributed by atoms with Gasteiger partial charge in [0.05, 0.1) is 17.4 Å². The van der Waals surface area contributed by atoms with E-state index in [0.29, 0.717) is 0 Å². The Bertz CT molecular complexity index is 1450. The molecule has 0 aliphatic heterocycles. The number of hydrogen-bond donors (Lipinski definition) is 0. The van der Waals surface area contributed by atoms with E-state index < -0.39 is 0 Å². The van der Waals surface area contributed by atoms with E-state index in [2.05, 4.69) is 64.2 Å². The van der Waals surface area contributed by atoms with E-state index in [1.54, 1.807) is 24.8 Å². The van der Waals surface area contributed by atoms with Crippen molar-refractivity contribution < 1.29 is 42.4 Å². The first-order valence-corrected chi connectivity index (χ1v) is 16.1. The topological polar surface area (TPSA) is 79.2 Å². The zero-order valence-electron chi connectivity index (χ0n) is 23.7. The summed E-state index contributed by atoms with van der Waals surface area (Å²) in [5.74, 6) is 1.80. The number of fused-ring (bicyclic) bond motifs is 1. The minimum atomic E-state index is 0. The molecule has 0 saturated heterocycles. The number of nitrogens with zero attached hydrogens (tertiary/aromatic N) is 8. The average molecular weight is 803 g/mol. The summed E-state index contributed by atoms with van der Waals surface area (Å²) in [6.45, 7) is 3.32. The first kappa shape index (κ1) is 36.9. The summed E-state index contributed by atoms with van der Waals surface area (Å²) in [6, 6.07) is 19.9. The van der Waals surface area contributed by atoms with Crippen molar-refractivity contribution in [1.29, 1.82) is 0 Å². The summed E-state index contributed by atoms with van der Waals surface area (Å²) in [6.07, 6.45) is 16.6. The fourth-order valence-electron chi connectivity index (χ4n) is 3.94. The third-order valence-corrected chi connectivity index (χ3v) is 5.96. The Kier molecular flexibility index (Phi) is 18.2. The number of imidazole rings is 3. The molecule has 0 bridgehead atoms. The molecule has 0 aliphatic rings. The zero-order valence-corrected chi connectivity index (χ0v) is 28.5. The van der Waals surface area contributed by atoms with Crippen molar-refractivity contribution in [3.8, 4) is 23.0 Å². The second kappa shape index (κ2) is 20.7. The second-order valence-electron chi connectivity index (χ2n) is 8.79. The number of aromatic nitrogens is 8. The fourth-order valence-corrected chi connectivity index (χ4v) is 3.94. The van der Waals surface area contributed by atoms with Crippen LogP contribution >= 0.6 is 9.64 Å². The van der Waals surface area contributed by atoms with Crippen LogP contribution in [0.3, 0.4) is 0 Å². The van der Waals surface area contributed by atoms with Crippen molar-refractivity contribution in [3.63, 3.8) is 0 Å². The van der Waals surface area contributed by atoms with E-state index in [-0.39, 0.29) is 24.8 Å². The van der Waals surface area contributed by atoms with Gasteiger partial charge in [0.2, 0.25) is 0 Å². The van der Waals surface area contributed by atoms with Gasteiger partial charge in [0.1, 0.15) is 11.4 Å². The molecule has 8 nitrogen and oxygen atoms in total. The Morgan fingerprint density at radius 2 is 1.17 bits per heavy atom. The summed E-state index contributed by atoms with van der Waals surface area (Å²) in [5.41, 5.74) is 4.17. The van der Waals surface area contributed by atoms with Crippen molar-refractivity contribution in [2.24, 2.45) is 14.1 Å². The predicted molar refractivity (Wildman–Crippen MR) is 158 cm³/mol. The minimum absolute atomic E-state index is 0. The molecule has 1 aromatic carbocycles. The van der Waals surface area contributed by atoms with Crippen LogP contribution in [0, 0.1) is 0 Å². The normalized spacial score (nSPS) is 9.55. The number of halogens is 3. The summed E-state index contributed by atoms with van der Waals surface area (Å²) in [7, 11) is 8.58. The molecule has 6 rings (SSSR count). The number of pyridine rings is 2. The van der Waals surface area contributed by atoms with E-state index >= 15 is 0 Å². The molecule has 42 heavy (non-hydrogen) atoms. The Morgan fingerprint density at radius 3 is 1.62 bits per heavy atom. The Morgan fingerprint density at radius 1 is 0.643 bits per heavy atom. The number of benzene rings is 1. The van der Waals surface area contributed by atoms with Crippen LogP contribution in [0.25, 0.3) is 34.1 Å². The fraction of sp³-hybridized carbons (Fsp3) is 0.233. The van der Waals surface area contributed by atoms with Gasteiger partial charge in [0.25, 0.3) is 0 Å². The summed E-state index contributed by atoms with van der Waals surface area (Å²) >= 11 is 1.33. The summed E-state index contributed by atoms with van der Waals surface area (Å²) < 4.78 is 6.13. The van der Waals surface area contributed by atoms with Crippen LogP contribution < -0.4 is 24.8 Å². The molecule has 0 fully saturated rings. The van der Waals surface area contributed by atoms with Gasteiger partial charge in [-0.05, 0) is 42.8 Å². The van der Waals surface area contributed by atoms with E-state index in [1.807, 2.05) is 84.4 Å². The molecule has 225 valence electrons. The molecule has 6 aromatic rings. The van der Waals surface area contributed by atoms with Crippen LogP contribution in [0.4, 0.5) is 0 Å². The first-order chi connectivity index (χ1) is 19.7. The Balaban J connectivity index is 0.000000300. The maximum atomic E-state index is 4.67. The Hall–Kier alpha value is -3.08. The molecule has 0 amide bonds. The summed E-state index contributed by atoms with van der Waals surface area (Å²) in [5, 5.41) is 0. The quantitative estimate of drug-likeness (QED) is 0.234. The van der Waals surface area contributed by atoms with Crippen LogP contribution in [0.15, 0.2) is 104 Å².